The number of carbonyl (C=O) groups is 2. The van der Waals surface area contributed by atoms with Gasteiger partial charge in [-0.1, -0.05) is 0 Å². The van der Waals surface area contributed by atoms with Gasteiger partial charge in [0.2, 0.25) is 5.92 Å². The van der Waals surface area contributed by atoms with Crippen LogP contribution >= 0.6 is 0 Å². The van der Waals surface area contributed by atoms with E-state index in [1.54, 1.807) is 27.7 Å². The second-order valence-electron chi connectivity index (χ2n) is 6.21. The average Bonchev–Trinajstić information content (AvgIpc) is 2.29. The summed E-state index contributed by atoms with van der Waals surface area (Å²) in [5, 5.41) is 2.51. The highest BCUT2D eigenvalue weighted by Gasteiger charge is 2.46. The van der Waals surface area contributed by atoms with E-state index < -0.39 is 42.0 Å². The summed E-state index contributed by atoms with van der Waals surface area (Å²) < 4.78 is 36.9. The summed E-state index contributed by atoms with van der Waals surface area (Å²) in [5.41, 5.74) is -0.692. The summed E-state index contributed by atoms with van der Waals surface area (Å²) >= 11 is 0. The molecule has 1 fully saturated rings. The Balaban J connectivity index is 2.73. The predicted molar refractivity (Wildman–Crippen MR) is 72.1 cm³/mol. The van der Waals surface area contributed by atoms with E-state index in [0.29, 0.717) is 0 Å². The van der Waals surface area contributed by atoms with Crippen LogP contribution in [0.5, 0.6) is 0 Å². The molecule has 21 heavy (non-hydrogen) atoms. The van der Waals surface area contributed by atoms with Crippen LogP contribution in [-0.4, -0.2) is 36.2 Å². The molecule has 0 aliphatic heterocycles. The van der Waals surface area contributed by atoms with Crippen LogP contribution < -0.4 is 5.32 Å². The lowest BCUT2D eigenvalue weighted by molar-refractivity contribution is -0.156. The van der Waals surface area contributed by atoms with E-state index in [1.807, 2.05) is 0 Å². The van der Waals surface area contributed by atoms with Crippen molar-refractivity contribution >= 4 is 12.1 Å². The van der Waals surface area contributed by atoms with E-state index in [-0.39, 0.29) is 19.4 Å². The average molecular weight is 307 g/mol. The molecule has 5 nitrogen and oxygen atoms in total. The van der Waals surface area contributed by atoms with Gasteiger partial charge in [0.1, 0.15) is 5.60 Å². The Bertz CT molecular complexity index is 393. The Morgan fingerprint density at radius 3 is 2.48 bits per heavy atom. The van der Waals surface area contributed by atoms with Gasteiger partial charge in [-0.05, 0) is 34.1 Å². The standard InChI is InChI=1S/C14H23F2NO4/c1-5-20-11(18)9-8-14(15,16)7-6-10(9)17-12(19)21-13(2,3)4/h9-10H,5-8H2,1-4H3,(H,17,19)/t9-,10+/m0/s1. The van der Waals surface area contributed by atoms with Gasteiger partial charge < -0.3 is 14.8 Å². The third-order valence-corrected chi connectivity index (χ3v) is 3.12. The zero-order valence-corrected chi connectivity index (χ0v) is 12.9. The Labute approximate surface area is 123 Å². The van der Waals surface area contributed by atoms with E-state index in [2.05, 4.69) is 5.32 Å². The highest BCUT2D eigenvalue weighted by molar-refractivity contribution is 5.75. The van der Waals surface area contributed by atoms with Crippen molar-refractivity contribution in [3.63, 3.8) is 0 Å². The summed E-state index contributed by atoms with van der Waals surface area (Å²) in [6.45, 7) is 6.81. The highest BCUT2D eigenvalue weighted by Crippen LogP contribution is 2.37. The molecule has 1 amide bonds. The Morgan fingerprint density at radius 2 is 1.95 bits per heavy atom. The molecule has 0 aromatic rings. The molecule has 1 saturated carbocycles. The minimum absolute atomic E-state index is 0.00965. The first-order chi connectivity index (χ1) is 9.54. The first-order valence-electron chi connectivity index (χ1n) is 7.08. The maximum absolute atomic E-state index is 13.5. The number of amides is 1. The van der Waals surface area contributed by atoms with E-state index in [4.69, 9.17) is 9.47 Å². The van der Waals surface area contributed by atoms with Gasteiger partial charge in [0.25, 0.3) is 0 Å². The first-order valence-corrected chi connectivity index (χ1v) is 7.08. The first kappa shape index (κ1) is 17.7. The molecule has 0 saturated heterocycles. The molecule has 1 N–H and O–H groups in total. The third kappa shape index (κ3) is 5.85. The van der Waals surface area contributed by atoms with Crippen molar-refractivity contribution in [2.75, 3.05) is 6.61 Å². The monoisotopic (exact) mass is 307 g/mol. The van der Waals surface area contributed by atoms with Crippen LogP contribution in [0.1, 0.15) is 47.0 Å². The largest absolute Gasteiger partial charge is 0.466 e. The molecule has 1 aliphatic carbocycles. The van der Waals surface area contributed by atoms with E-state index in [0.717, 1.165) is 0 Å². The lowest BCUT2D eigenvalue weighted by Gasteiger charge is -2.35. The Hall–Kier alpha value is -1.40. The summed E-state index contributed by atoms with van der Waals surface area (Å²) in [7, 11) is 0. The van der Waals surface area contributed by atoms with Crippen LogP contribution in [0, 0.1) is 5.92 Å². The zero-order valence-electron chi connectivity index (χ0n) is 12.9. The summed E-state index contributed by atoms with van der Waals surface area (Å²) in [4.78, 5) is 23.6. The van der Waals surface area contributed by atoms with Crippen molar-refractivity contribution in [3.8, 4) is 0 Å². The molecule has 0 spiro atoms. The topological polar surface area (TPSA) is 64.6 Å². The van der Waals surface area contributed by atoms with Crippen molar-refractivity contribution < 1.29 is 27.8 Å². The fraction of sp³-hybridized carbons (Fsp3) is 0.857. The van der Waals surface area contributed by atoms with Gasteiger partial charge in [-0.2, -0.15) is 0 Å². The van der Waals surface area contributed by atoms with Crippen molar-refractivity contribution in [3.05, 3.63) is 0 Å². The molecule has 0 unspecified atom stereocenters. The van der Waals surface area contributed by atoms with Crippen LogP contribution in [0.2, 0.25) is 0 Å². The number of halogens is 2. The van der Waals surface area contributed by atoms with Gasteiger partial charge in [0, 0.05) is 18.9 Å². The summed E-state index contributed by atoms with van der Waals surface area (Å²) in [5.74, 6) is -4.68. The molecule has 1 rings (SSSR count). The molecule has 0 radical (unpaired) electrons. The molecule has 0 aromatic carbocycles. The van der Waals surface area contributed by atoms with E-state index >= 15 is 0 Å². The molecule has 0 heterocycles. The zero-order chi connectivity index (χ0) is 16.3. The van der Waals surface area contributed by atoms with Gasteiger partial charge in [-0.25, -0.2) is 13.6 Å². The van der Waals surface area contributed by atoms with Crippen molar-refractivity contribution in [1.29, 1.82) is 0 Å². The van der Waals surface area contributed by atoms with Crippen molar-refractivity contribution in [1.82, 2.24) is 5.32 Å². The molecular formula is C14H23F2NO4. The quantitative estimate of drug-likeness (QED) is 0.814. The van der Waals surface area contributed by atoms with Crippen molar-refractivity contribution in [2.45, 2.75) is 64.5 Å². The number of ether oxygens (including phenoxy) is 2. The maximum Gasteiger partial charge on any atom is 0.407 e. The number of esters is 1. The smallest absolute Gasteiger partial charge is 0.407 e. The van der Waals surface area contributed by atoms with Gasteiger partial charge in [0.15, 0.2) is 0 Å². The molecule has 7 heteroatoms. The second kappa shape index (κ2) is 6.58. The normalized spacial score (nSPS) is 25.0. The number of alkyl halides is 2. The number of hydrogen-bond acceptors (Lipinski definition) is 4. The maximum atomic E-state index is 13.5. The van der Waals surface area contributed by atoms with Crippen LogP contribution in [0.15, 0.2) is 0 Å². The fourth-order valence-electron chi connectivity index (χ4n) is 2.26. The third-order valence-electron chi connectivity index (χ3n) is 3.12. The van der Waals surface area contributed by atoms with Gasteiger partial charge in [0.05, 0.1) is 12.5 Å². The lowest BCUT2D eigenvalue weighted by atomic mass is 9.82. The lowest BCUT2D eigenvalue weighted by Crippen LogP contribution is -2.50. The van der Waals surface area contributed by atoms with Crippen LogP contribution in [0.4, 0.5) is 13.6 Å². The molecule has 2 atom stereocenters. The number of nitrogens with one attached hydrogen (secondary N) is 1. The summed E-state index contributed by atoms with van der Waals surface area (Å²) in [6, 6.07) is -0.696. The number of alkyl carbamates (subject to hydrolysis) is 1. The highest BCUT2D eigenvalue weighted by atomic mass is 19.3. The van der Waals surface area contributed by atoms with Crippen LogP contribution in [-0.2, 0) is 14.3 Å². The van der Waals surface area contributed by atoms with Crippen molar-refractivity contribution in [2.24, 2.45) is 5.92 Å². The number of rotatable bonds is 3. The SMILES string of the molecule is CCOC(=O)[C@H]1CC(F)(F)CC[C@H]1NC(=O)OC(C)(C)C. The minimum Gasteiger partial charge on any atom is -0.466 e. The van der Waals surface area contributed by atoms with Crippen LogP contribution in [0.3, 0.4) is 0 Å². The molecule has 122 valence electrons. The molecule has 0 bridgehead atoms. The van der Waals surface area contributed by atoms with Gasteiger partial charge in [-0.15, -0.1) is 0 Å². The van der Waals surface area contributed by atoms with E-state index in [1.165, 1.54) is 0 Å². The van der Waals surface area contributed by atoms with Gasteiger partial charge >= 0.3 is 12.1 Å². The molecule has 0 aromatic heterocycles. The molecule has 1 aliphatic rings. The second-order valence-corrected chi connectivity index (χ2v) is 6.21. The van der Waals surface area contributed by atoms with Gasteiger partial charge in [-0.3, -0.25) is 4.79 Å². The number of hydrogen-bond donors (Lipinski definition) is 1. The predicted octanol–water partition coefficient (Wildman–Crippen LogP) is 2.88. The Kier molecular flexibility index (Phi) is 5.53. The Morgan fingerprint density at radius 1 is 1.33 bits per heavy atom. The van der Waals surface area contributed by atoms with E-state index in [9.17, 15) is 18.4 Å². The fourth-order valence-corrected chi connectivity index (χ4v) is 2.26. The number of carbonyl (C=O) groups excluding carboxylic acids is 2. The summed E-state index contributed by atoms with van der Waals surface area (Å²) in [6.07, 6.45) is -1.70. The van der Waals surface area contributed by atoms with Crippen LogP contribution in [0.25, 0.3) is 0 Å². The minimum atomic E-state index is -2.91. The molecular weight excluding hydrogens is 284 g/mol.